The van der Waals surface area contributed by atoms with E-state index in [0.29, 0.717) is 17.9 Å². The smallest absolute Gasteiger partial charge is 0.352 e. The minimum Gasteiger partial charge on any atom is -0.477 e. The first-order chi connectivity index (χ1) is 17.3. The van der Waals surface area contributed by atoms with Crippen molar-refractivity contribution in [3.05, 3.63) is 47.2 Å². The average molecular weight is 551 g/mol. The summed E-state index contributed by atoms with van der Waals surface area (Å²) in [7, 11) is 0. The first kappa shape index (κ1) is 25.9. The number of nitrogens with one attached hydrogen (secondary N) is 1. The van der Waals surface area contributed by atoms with E-state index >= 15 is 0 Å². The number of nitrogens with zero attached hydrogens (tertiary/aromatic N) is 5. The maximum atomic E-state index is 13.0. The molecule has 0 radical (unpaired) electrons. The Labute approximate surface area is 219 Å². The SMILES string of the molecule is CCON=C(C(=O)NC1C(=O)N2C(C(=O)O)=C(C[n+]3cccc(CSC)c3)CS[C@@H]12)c1nsc(N)n1. The van der Waals surface area contributed by atoms with Crippen molar-refractivity contribution in [1.29, 1.82) is 0 Å². The van der Waals surface area contributed by atoms with Gasteiger partial charge in [0.1, 0.15) is 23.7 Å². The van der Waals surface area contributed by atoms with E-state index in [9.17, 15) is 19.5 Å². The van der Waals surface area contributed by atoms with Crippen molar-refractivity contribution in [3.8, 4) is 0 Å². The number of aliphatic carboxylic acids is 1. The highest BCUT2D eigenvalue weighted by Crippen LogP contribution is 2.40. The number of carboxylic acid groups (broad SMARTS) is 1. The topological polar surface area (TPSA) is 164 Å². The molecule has 4 rings (SSSR count). The van der Waals surface area contributed by atoms with Gasteiger partial charge in [-0.25, -0.2) is 9.36 Å². The van der Waals surface area contributed by atoms with Crippen LogP contribution in [0.25, 0.3) is 0 Å². The van der Waals surface area contributed by atoms with E-state index in [2.05, 4.69) is 19.8 Å². The highest BCUT2D eigenvalue weighted by atomic mass is 32.2. The molecular weight excluding hydrogens is 526 g/mol. The van der Waals surface area contributed by atoms with E-state index in [1.807, 2.05) is 35.3 Å². The number of oxime groups is 1. The van der Waals surface area contributed by atoms with Gasteiger partial charge in [0.05, 0.1) is 0 Å². The monoisotopic (exact) mass is 550 g/mol. The van der Waals surface area contributed by atoms with Crippen molar-refractivity contribution < 1.29 is 28.9 Å². The minimum absolute atomic E-state index is 0.0162. The number of hydrogen-bond donors (Lipinski definition) is 3. The number of nitrogen functional groups attached to an aromatic ring is 1. The van der Waals surface area contributed by atoms with E-state index in [-0.39, 0.29) is 29.0 Å². The number of aromatic nitrogens is 3. The standard InChI is InChI=1S/C21H23N7O5S3/c1-3-33-25-13(16-24-21(22)36-26-16)17(29)23-14-18(30)28-15(20(31)32)12(10-35-19(14)28)8-27-6-4-5-11(7-27)9-34-2/h4-7,14,19H,3,8-10H2,1-2H3,(H3-,22,23,24,26,29,31,32)/p+1/t14?,19-/m0/s1. The van der Waals surface area contributed by atoms with Crippen LogP contribution < -0.4 is 15.6 Å². The quantitative estimate of drug-likeness (QED) is 0.164. The molecule has 2 amide bonds. The first-order valence-electron chi connectivity index (χ1n) is 10.8. The Kier molecular flexibility index (Phi) is 8.11. The summed E-state index contributed by atoms with van der Waals surface area (Å²) in [6.45, 7) is 2.24. The summed E-state index contributed by atoms with van der Waals surface area (Å²) in [5.41, 5.74) is 7.09. The van der Waals surface area contributed by atoms with Crippen LogP contribution in [0.3, 0.4) is 0 Å². The maximum Gasteiger partial charge on any atom is 0.352 e. The summed E-state index contributed by atoms with van der Waals surface area (Å²) in [5, 5.41) is 15.9. The Morgan fingerprint density at radius 1 is 1.47 bits per heavy atom. The van der Waals surface area contributed by atoms with Gasteiger partial charge in [-0.1, -0.05) is 5.16 Å². The molecule has 2 aromatic heterocycles. The lowest BCUT2D eigenvalue weighted by molar-refractivity contribution is -0.689. The molecule has 2 aliphatic rings. The van der Waals surface area contributed by atoms with Gasteiger partial charge in [0.25, 0.3) is 11.8 Å². The van der Waals surface area contributed by atoms with Crippen molar-refractivity contribution >= 4 is 63.7 Å². The van der Waals surface area contributed by atoms with Crippen LogP contribution in [0.2, 0.25) is 0 Å². The second-order valence-electron chi connectivity index (χ2n) is 7.75. The lowest BCUT2D eigenvalue weighted by atomic mass is 10.0. The zero-order chi connectivity index (χ0) is 25.8. The number of carbonyl (C=O) groups is 3. The van der Waals surface area contributed by atoms with Gasteiger partial charge in [0.2, 0.25) is 11.5 Å². The van der Waals surface area contributed by atoms with E-state index in [0.717, 1.165) is 22.8 Å². The van der Waals surface area contributed by atoms with E-state index in [4.69, 9.17) is 10.6 Å². The predicted molar refractivity (Wildman–Crippen MR) is 136 cm³/mol. The Morgan fingerprint density at radius 3 is 2.94 bits per heavy atom. The average Bonchev–Trinajstić information content (AvgIpc) is 3.28. The van der Waals surface area contributed by atoms with Crippen LogP contribution in [-0.2, 0) is 31.5 Å². The van der Waals surface area contributed by atoms with Crippen LogP contribution in [-0.4, -0.2) is 72.9 Å². The van der Waals surface area contributed by atoms with E-state index in [1.54, 1.807) is 18.7 Å². The number of amides is 2. The van der Waals surface area contributed by atoms with Gasteiger partial charge in [0, 0.05) is 40.2 Å². The fourth-order valence-electron chi connectivity index (χ4n) is 3.81. The molecule has 0 saturated carbocycles. The molecule has 2 aliphatic heterocycles. The molecule has 12 nitrogen and oxygen atoms in total. The Bertz CT molecular complexity index is 1250. The number of rotatable bonds is 10. The number of carbonyl (C=O) groups excluding carboxylic acids is 2. The molecule has 1 saturated heterocycles. The van der Waals surface area contributed by atoms with Crippen LogP contribution in [0.15, 0.2) is 41.0 Å². The molecule has 4 heterocycles. The van der Waals surface area contributed by atoms with E-state index in [1.165, 1.54) is 16.7 Å². The second kappa shape index (κ2) is 11.3. The number of carboxylic acids is 1. The van der Waals surface area contributed by atoms with Crippen molar-refractivity contribution in [3.63, 3.8) is 0 Å². The summed E-state index contributed by atoms with van der Waals surface area (Å²) in [6, 6.07) is 2.99. The number of thioether (sulfide) groups is 2. The third-order valence-electron chi connectivity index (χ3n) is 5.29. The summed E-state index contributed by atoms with van der Waals surface area (Å²) in [4.78, 5) is 48.4. The molecule has 1 unspecified atom stereocenters. The van der Waals surface area contributed by atoms with Gasteiger partial charge in [0.15, 0.2) is 24.1 Å². The molecule has 190 valence electrons. The molecule has 36 heavy (non-hydrogen) atoms. The Morgan fingerprint density at radius 2 is 2.28 bits per heavy atom. The number of fused-ring (bicyclic) bond motifs is 1. The zero-order valence-corrected chi connectivity index (χ0v) is 21.9. The highest BCUT2D eigenvalue weighted by molar-refractivity contribution is 8.00. The van der Waals surface area contributed by atoms with Crippen molar-refractivity contribution in [2.75, 3.05) is 24.3 Å². The van der Waals surface area contributed by atoms with Crippen LogP contribution >= 0.6 is 35.1 Å². The van der Waals surface area contributed by atoms with Crippen LogP contribution in [0.1, 0.15) is 18.3 Å². The summed E-state index contributed by atoms with van der Waals surface area (Å²) < 4.78 is 5.90. The fourth-order valence-corrected chi connectivity index (χ4v) is 6.08. The Hall–Kier alpha value is -3.17. The number of β-lactam (4-membered cyclic amide) rings is 1. The van der Waals surface area contributed by atoms with Gasteiger partial charge >= 0.3 is 5.97 Å². The molecule has 1 fully saturated rings. The Balaban J connectivity index is 1.52. The largest absolute Gasteiger partial charge is 0.477 e. The summed E-state index contributed by atoms with van der Waals surface area (Å²) >= 11 is 3.98. The molecule has 2 atom stereocenters. The van der Waals surface area contributed by atoms with Crippen molar-refractivity contribution in [2.24, 2.45) is 5.16 Å². The third-order valence-corrected chi connectivity index (χ3v) is 7.80. The van der Waals surface area contributed by atoms with Crippen molar-refractivity contribution in [2.45, 2.75) is 30.6 Å². The van der Waals surface area contributed by atoms with Gasteiger partial charge in [-0.05, 0) is 19.2 Å². The second-order valence-corrected chi connectivity index (χ2v) is 10.5. The van der Waals surface area contributed by atoms with Crippen LogP contribution in [0.5, 0.6) is 0 Å². The molecule has 2 aromatic rings. The van der Waals surface area contributed by atoms with Gasteiger partial charge in [-0.2, -0.15) is 21.1 Å². The van der Waals surface area contributed by atoms with Crippen molar-refractivity contribution in [1.82, 2.24) is 19.6 Å². The molecule has 0 aliphatic carbocycles. The molecule has 15 heteroatoms. The zero-order valence-electron chi connectivity index (χ0n) is 19.4. The summed E-state index contributed by atoms with van der Waals surface area (Å²) in [6.07, 6.45) is 5.85. The molecular formula is C21H24N7O5S3+. The summed E-state index contributed by atoms with van der Waals surface area (Å²) in [5.74, 6) is -1.20. The lowest BCUT2D eigenvalue weighted by Gasteiger charge is -2.49. The van der Waals surface area contributed by atoms with Gasteiger partial charge in [-0.3, -0.25) is 14.5 Å². The normalized spacial score (nSPS) is 19.6. The maximum absolute atomic E-state index is 13.0. The minimum atomic E-state index is -1.19. The lowest BCUT2D eigenvalue weighted by Crippen LogP contribution is -2.71. The predicted octanol–water partition coefficient (Wildman–Crippen LogP) is 0.450. The molecule has 0 spiro atoms. The number of anilines is 1. The van der Waals surface area contributed by atoms with Crippen LogP contribution in [0, 0.1) is 0 Å². The highest BCUT2D eigenvalue weighted by Gasteiger charge is 2.54. The number of nitrogens with two attached hydrogens (primary N) is 1. The molecule has 0 aromatic carbocycles. The molecule has 0 bridgehead atoms. The number of hydrogen-bond acceptors (Lipinski definition) is 11. The van der Waals surface area contributed by atoms with E-state index < -0.39 is 29.2 Å². The van der Waals surface area contributed by atoms with Gasteiger partial charge in [-0.15, -0.1) is 11.8 Å². The van der Waals surface area contributed by atoms with Crippen LogP contribution in [0.4, 0.5) is 5.13 Å². The first-order valence-corrected chi connectivity index (χ1v) is 14.0. The fraction of sp³-hybridized carbons (Fsp3) is 0.381. The number of pyridine rings is 1. The molecule has 4 N–H and O–H groups in total. The third kappa shape index (κ3) is 5.32. The van der Waals surface area contributed by atoms with Gasteiger partial charge < -0.3 is 21.0 Å².